The van der Waals surface area contributed by atoms with E-state index in [1.807, 2.05) is 24.7 Å². The van der Waals surface area contributed by atoms with E-state index in [0.29, 0.717) is 13.1 Å². The van der Waals surface area contributed by atoms with Crippen LogP contribution in [0.2, 0.25) is 0 Å². The standard InChI is InChI=1S/C22H29N5O/c1-17-12-20-21(13-18(17)2)27(16-24-20)15-19(28)14-25-8-5-9-26(11-10-25)22-6-3-4-7-23-22/h3-4,6-7,12-13,16,19,28H,5,8-11,14-15H2,1-2H3/t19-/m0/s1. The smallest absolute Gasteiger partial charge is 0.128 e. The summed E-state index contributed by atoms with van der Waals surface area (Å²) >= 11 is 0. The lowest BCUT2D eigenvalue weighted by molar-refractivity contribution is 0.102. The number of aliphatic hydroxyl groups excluding tert-OH is 1. The molecule has 4 rings (SSSR count). The van der Waals surface area contributed by atoms with Gasteiger partial charge in [-0.15, -0.1) is 0 Å². The molecule has 3 heterocycles. The predicted molar refractivity (Wildman–Crippen MR) is 113 cm³/mol. The molecule has 0 radical (unpaired) electrons. The lowest BCUT2D eigenvalue weighted by Crippen LogP contribution is -2.37. The largest absolute Gasteiger partial charge is 0.390 e. The second-order valence-electron chi connectivity index (χ2n) is 7.81. The van der Waals surface area contributed by atoms with Gasteiger partial charge in [-0.05, 0) is 62.2 Å². The third-order valence-corrected chi connectivity index (χ3v) is 5.67. The first-order valence-electron chi connectivity index (χ1n) is 10.1. The van der Waals surface area contributed by atoms with Crippen molar-refractivity contribution in [3.8, 4) is 0 Å². The van der Waals surface area contributed by atoms with Gasteiger partial charge >= 0.3 is 0 Å². The lowest BCUT2D eigenvalue weighted by atomic mass is 10.1. The molecule has 1 aromatic carbocycles. The van der Waals surface area contributed by atoms with E-state index in [0.717, 1.165) is 49.5 Å². The summed E-state index contributed by atoms with van der Waals surface area (Å²) in [7, 11) is 0. The van der Waals surface area contributed by atoms with Crippen LogP contribution in [-0.4, -0.2) is 63.4 Å². The van der Waals surface area contributed by atoms with Crippen molar-refractivity contribution in [3.63, 3.8) is 0 Å². The topological polar surface area (TPSA) is 57.4 Å². The first-order chi connectivity index (χ1) is 13.6. The highest BCUT2D eigenvalue weighted by atomic mass is 16.3. The Morgan fingerprint density at radius 2 is 1.86 bits per heavy atom. The van der Waals surface area contributed by atoms with Crippen molar-refractivity contribution in [2.75, 3.05) is 37.6 Å². The van der Waals surface area contributed by atoms with Gasteiger partial charge in [-0.25, -0.2) is 9.97 Å². The maximum Gasteiger partial charge on any atom is 0.128 e. The minimum atomic E-state index is -0.416. The Balaban J connectivity index is 1.36. The van der Waals surface area contributed by atoms with Gasteiger partial charge in [0.05, 0.1) is 30.0 Å². The van der Waals surface area contributed by atoms with Crippen LogP contribution in [0.5, 0.6) is 0 Å². The number of fused-ring (bicyclic) bond motifs is 1. The molecule has 28 heavy (non-hydrogen) atoms. The Bertz CT molecular complexity index is 923. The zero-order valence-corrected chi connectivity index (χ0v) is 16.8. The van der Waals surface area contributed by atoms with Gasteiger partial charge < -0.3 is 14.6 Å². The average Bonchev–Trinajstić information content (AvgIpc) is 2.91. The number of aromatic nitrogens is 3. The Kier molecular flexibility index (Phi) is 5.59. The average molecular weight is 380 g/mol. The molecule has 148 valence electrons. The molecule has 6 heteroatoms. The summed E-state index contributed by atoms with van der Waals surface area (Å²) in [4.78, 5) is 13.7. The molecular weight excluding hydrogens is 350 g/mol. The van der Waals surface area contributed by atoms with Crippen molar-refractivity contribution in [1.82, 2.24) is 19.4 Å². The molecule has 0 unspecified atom stereocenters. The second kappa shape index (κ2) is 8.29. The second-order valence-corrected chi connectivity index (χ2v) is 7.81. The summed E-state index contributed by atoms with van der Waals surface area (Å²) < 4.78 is 2.07. The monoisotopic (exact) mass is 379 g/mol. The highest BCUT2D eigenvalue weighted by molar-refractivity contribution is 5.77. The van der Waals surface area contributed by atoms with Crippen LogP contribution in [0.3, 0.4) is 0 Å². The summed E-state index contributed by atoms with van der Waals surface area (Å²) in [5.41, 5.74) is 4.60. The van der Waals surface area contributed by atoms with E-state index >= 15 is 0 Å². The fourth-order valence-electron chi connectivity index (χ4n) is 3.96. The summed E-state index contributed by atoms with van der Waals surface area (Å²) in [6.07, 6.45) is 4.36. The van der Waals surface area contributed by atoms with Crippen molar-refractivity contribution < 1.29 is 5.11 Å². The molecule has 0 spiro atoms. The van der Waals surface area contributed by atoms with Crippen LogP contribution in [0, 0.1) is 13.8 Å². The number of aryl methyl sites for hydroxylation is 2. The van der Waals surface area contributed by atoms with Gasteiger partial charge in [-0.3, -0.25) is 4.90 Å². The fourth-order valence-corrected chi connectivity index (χ4v) is 3.96. The molecule has 1 fully saturated rings. The van der Waals surface area contributed by atoms with E-state index in [1.165, 1.54) is 11.1 Å². The van der Waals surface area contributed by atoms with Crippen LogP contribution in [0.4, 0.5) is 5.82 Å². The van der Waals surface area contributed by atoms with Crippen LogP contribution in [0.1, 0.15) is 17.5 Å². The zero-order chi connectivity index (χ0) is 19.5. The van der Waals surface area contributed by atoms with Crippen molar-refractivity contribution in [1.29, 1.82) is 0 Å². The van der Waals surface area contributed by atoms with Gasteiger partial charge in [-0.2, -0.15) is 0 Å². The quantitative estimate of drug-likeness (QED) is 0.739. The molecule has 2 aromatic heterocycles. The highest BCUT2D eigenvalue weighted by Crippen LogP contribution is 2.19. The van der Waals surface area contributed by atoms with E-state index in [-0.39, 0.29) is 0 Å². The molecule has 1 aliphatic heterocycles. The number of hydrogen-bond donors (Lipinski definition) is 1. The number of hydrogen-bond acceptors (Lipinski definition) is 5. The number of imidazole rings is 1. The maximum atomic E-state index is 10.7. The summed E-state index contributed by atoms with van der Waals surface area (Å²) in [5.74, 6) is 1.04. The maximum absolute atomic E-state index is 10.7. The van der Waals surface area contributed by atoms with E-state index < -0.39 is 6.10 Å². The molecule has 3 aromatic rings. The Hall–Kier alpha value is -2.44. The van der Waals surface area contributed by atoms with Crippen molar-refractivity contribution in [2.24, 2.45) is 0 Å². The summed E-state index contributed by atoms with van der Waals surface area (Å²) in [6.45, 7) is 9.37. The Morgan fingerprint density at radius 3 is 2.68 bits per heavy atom. The van der Waals surface area contributed by atoms with Gasteiger partial charge in [0, 0.05) is 32.4 Å². The van der Waals surface area contributed by atoms with E-state index in [4.69, 9.17) is 0 Å². The number of pyridine rings is 1. The first kappa shape index (κ1) is 18.9. The number of anilines is 1. The third kappa shape index (κ3) is 4.18. The minimum absolute atomic E-state index is 0.416. The van der Waals surface area contributed by atoms with E-state index in [2.05, 4.69) is 56.4 Å². The molecule has 1 saturated heterocycles. The highest BCUT2D eigenvalue weighted by Gasteiger charge is 2.19. The molecule has 6 nitrogen and oxygen atoms in total. The predicted octanol–water partition coefficient (Wildman–Crippen LogP) is 2.62. The molecule has 0 amide bonds. The van der Waals surface area contributed by atoms with E-state index in [9.17, 15) is 5.11 Å². The first-order valence-corrected chi connectivity index (χ1v) is 10.1. The molecule has 0 bridgehead atoms. The van der Waals surface area contributed by atoms with Gasteiger partial charge in [0.2, 0.25) is 0 Å². The van der Waals surface area contributed by atoms with Gasteiger partial charge in [0.25, 0.3) is 0 Å². The van der Waals surface area contributed by atoms with Crippen LogP contribution in [0.15, 0.2) is 42.9 Å². The molecule has 1 N–H and O–H groups in total. The van der Waals surface area contributed by atoms with Crippen LogP contribution in [0.25, 0.3) is 11.0 Å². The molecule has 0 saturated carbocycles. The number of rotatable bonds is 5. The molecule has 0 aliphatic carbocycles. The van der Waals surface area contributed by atoms with Gasteiger partial charge in [0.1, 0.15) is 5.82 Å². The number of benzene rings is 1. The van der Waals surface area contributed by atoms with Crippen molar-refractivity contribution >= 4 is 16.9 Å². The normalized spacial score (nSPS) is 17.0. The zero-order valence-electron chi connectivity index (χ0n) is 16.8. The van der Waals surface area contributed by atoms with Crippen LogP contribution < -0.4 is 4.90 Å². The summed E-state index contributed by atoms with van der Waals surface area (Å²) in [5, 5.41) is 10.7. The molecule has 1 aliphatic rings. The third-order valence-electron chi connectivity index (χ3n) is 5.67. The molecular formula is C22H29N5O. The van der Waals surface area contributed by atoms with Crippen molar-refractivity contribution in [2.45, 2.75) is 32.9 Å². The fraction of sp³-hybridized carbons (Fsp3) is 0.455. The van der Waals surface area contributed by atoms with Gasteiger partial charge in [0.15, 0.2) is 0 Å². The van der Waals surface area contributed by atoms with Crippen LogP contribution >= 0.6 is 0 Å². The Labute approximate surface area is 166 Å². The number of nitrogens with zero attached hydrogens (tertiary/aromatic N) is 5. The lowest BCUT2D eigenvalue weighted by Gasteiger charge is -2.24. The van der Waals surface area contributed by atoms with E-state index in [1.54, 1.807) is 0 Å². The van der Waals surface area contributed by atoms with Crippen molar-refractivity contribution in [3.05, 3.63) is 54.0 Å². The van der Waals surface area contributed by atoms with Crippen LogP contribution in [-0.2, 0) is 6.54 Å². The molecule has 1 atom stereocenters. The van der Waals surface area contributed by atoms with Gasteiger partial charge in [-0.1, -0.05) is 6.07 Å². The number of β-amino-alcohol motifs (C(OH)–C–C–N with tert-alkyl or cyclic N) is 1. The minimum Gasteiger partial charge on any atom is -0.390 e. The number of aliphatic hydroxyl groups is 1. The summed E-state index contributed by atoms with van der Waals surface area (Å²) in [6, 6.07) is 10.3. The Morgan fingerprint density at radius 1 is 1.00 bits per heavy atom. The SMILES string of the molecule is Cc1cc2ncn(C[C@@H](O)CN3CCCN(c4ccccn4)CC3)c2cc1C.